The third-order valence-electron chi connectivity index (χ3n) is 2.06. The maximum Gasteiger partial charge on any atom is 0.221 e. The molecule has 0 heterocycles. The Bertz CT molecular complexity index is 459. The number of ether oxygens (including phenoxy) is 2. The monoisotopic (exact) mass is 241 g/mol. The molecule has 1 rings (SSSR count). The van der Waals surface area contributed by atoms with Gasteiger partial charge in [-0.15, -0.1) is 0 Å². The highest BCUT2D eigenvalue weighted by molar-refractivity contribution is 5.93. The highest BCUT2D eigenvalue weighted by Gasteiger charge is 2.20. The Kier molecular flexibility index (Phi) is 4.03. The predicted molar refractivity (Wildman–Crippen MR) is 59.2 cm³/mol. The normalized spacial score (nSPS) is 9.65. The van der Waals surface area contributed by atoms with Crippen LogP contribution in [0, 0.1) is 5.82 Å². The van der Waals surface area contributed by atoms with Crippen molar-refractivity contribution in [2.45, 2.75) is 6.92 Å². The molecule has 0 aliphatic rings. The van der Waals surface area contributed by atoms with Gasteiger partial charge in [0.2, 0.25) is 5.91 Å². The molecule has 1 N–H and O–H groups in total. The highest BCUT2D eigenvalue weighted by atomic mass is 19.1. The summed E-state index contributed by atoms with van der Waals surface area (Å²) < 4.78 is 23.5. The Labute approximate surface area is 97.5 Å². The summed E-state index contributed by atoms with van der Waals surface area (Å²) in [4.78, 5) is 21.7. The molecule has 92 valence electrons. The standard InChI is InChI=1S/C11H12FNO4/c1-6(15)13-9-4-8(12)7(5-14)10(16-2)11(9)17-3/h4-5H,1-3H3,(H,13,15). The fourth-order valence-electron chi connectivity index (χ4n) is 1.42. The van der Waals surface area contributed by atoms with Crippen LogP contribution in [0.25, 0.3) is 0 Å². The topological polar surface area (TPSA) is 64.6 Å². The molecule has 0 saturated carbocycles. The maximum absolute atomic E-state index is 13.5. The molecule has 17 heavy (non-hydrogen) atoms. The van der Waals surface area contributed by atoms with Crippen LogP contribution in [0.3, 0.4) is 0 Å². The van der Waals surface area contributed by atoms with E-state index < -0.39 is 5.82 Å². The van der Waals surface area contributed by atoms with Gasteiger partial charge in [-0.25, -0.2) is 4.39 Å². The smallest absolute Gasteiger partial charge is 0.221 e. The van der Waals surface area contributed by atoms with E-state index in [1.807, 2.05) is 0 Å². The van der Waals surface area contributed by atoms with Crippen molar-refractivity contribution in [3.05, 3.63) is 17.4 Å². The van der Waals surface area contributed by atoms with E-state index in [0.29, 0.717) is 6.29 Å². The summed E-state index contributed by atoms with van der Waals surface area (Å²) in [7, 11) is 2.61. The number of anilines is 1. The van der Waals surface area contributed by atoms with E-state index in [-0.39, 0.29) is 28.7 Å². The lowest BCUT2D eigenvalue weighted by atomic mass is 10.1. The summed E-state index contributed by atoms with van der Waals surface area (Å²) >= 11 is 0. The second-order valence-electron chi connectivity index (χ2n) is 3.19. The number of hydrogen-bond donors (Lipinski definition) is 1. The molecular weight excluding hydrogens is 229 g/mol. The molecule has 0 aliphatic heterocycles. The number of benzene rings is 1. The Balaban J connectivity index is 3.46. The minimum Gasteiger partial charge on any atom is -0.492 e. The third kappa shape index (κ3) is 2.52. The molecule has 0 aromatic heterocycles. The molecule has 1 aromatic rings. The molecule has 0 saturated heterocycles. The number of rotatable bonds is 4. The fourth-order valence-corrected chi connectivity index (χ4v) is 1.42. The number of amides is 1. The Morgan fingerprint density at radius 1 is 1.35 bits per heavy atom. The summed E-state index contributed by atoms with van der Waals surface area (Å²) in [6, 6.07) is 1.01. The SMILES string of the molecule is COc1c(NC(C)=O)cc(F)c(C=O)c1OC. The minimum absolute atomic E-state index is 0.0498. The lowest BCUT2D eigenvalue weighted by molar-refractivity contribution is -0.114. The van der Waals surface area contributed by atoms with Crippen molar-refractivity contribution in [3.8, 4) is 11.5 Å². The first-order valence-electron chi connectivity index (χ1n) is 4.72. The Morgan fingerprint density at radius 2 is 1.94 bits per heavy atom. The van der Waals surface area contributed by atoms with Crippen LogP contribution < -0.4 is 14.8 Å². The van der Waals surface area contributed by atoms with Crippen LogP contribution in [0.15, 0.2) is 6.07 Å². The van der Waals surface area contributed by atoms with Crippen LogP contribution in [-0.4, -0.2) is 26.4 Å². The number of halogens is 1. The van der Waals surface area contributed by atoms with Gasteiger partial charge in [-0.1, -0.05) is 0 Å². The van der Waals surface area contributed by atoms with Crippen LogP contribution in [-0.2, 0) is 4.79 Å². The van der Waals surface area contributed by atoms with Gasteiger partial charge in [0.05, 0.1) is 25.5 Å². The molecule has 5 nitrogen and oxygen atoms in total. The summed E-state index contributed by atoms with van der Waals surface area (Å²) in [5.41, 5.74) is -0.140. The van der Waals surface area contributed by atoms with Crippen molar-refractivity contribution in [2.75, 3.05) is 19.5 Å². The molecule has 0 radical (unpaired) electrons. The highest BCUT2D eigenvalue weighted by Crippen LogP contribution is 2.39. The van der Waals surface area contributed by atoms with Gasteiger partial charge in [-0.2, -0.15) is 0 Å². The summed E-state index contributed by atoms with van der Waals surface area (Å²) in [5.74, 6) is -1.12. The van der Waals surface area contributed by atoms with Crippen LogP contribution in [0.1, 0.15) is 17.3 Å². The van der Waals surface area contributed by atoms with Gasteiger partial charge >= 0.3 is 0 Å². The van der Waals surface area contributed by atoms with E-state index in [0.717, 1.165) is 6.07 Å². The molecule has 0 aliphatic carbocycles. The Hall–Kier alpha value is -2.11. The average Bonchev–Trinajstić information content (AvgIpc) is 2.27. The molecule has 0 unspecified atom stereocenters. The van der Waals surface area contributed by atoms with Crippen molar-refractivity contribution in [1.29, 1.82) is 0 Å². The second kappa shape index (κ2) is 5.29. The largest absolute Gasteiger partial charge is 0.492 e. The zero-order valence-corrected chi connectivity index (χ0v) is 9.67. The maximum atomic E-state index is 13.5. The summed E-state index contributed by atoms with van der Waals surface area (Å²) in [6.07, 6.45) is 0.328. The molecule has 1 amide bonds. The molecule has 1 aromatic carbocycles. The van der Waals surface area contributed by atoms with Crippen LogP contribution >= 0.6 is 0 Å². The molecule has 0 atom stereocenters. The summed E-state index contributed by atoms with van der Waals surface area (Å²) in [5, 5.41) is 2.39. The van der Waals surface area contributed by atoms with Gasteiger partial charge in [0.15, 0.2) is 17.8 Å². The minimum atomic E-state index is -0.790. The van der Waals surface area contributed by atoms with Gasteiger partial charge < -0.3 is 14.8 Å². The first kappa shape index (κ1) is 13.0. The van der Waals surface area contributed by atoms with Crippen molar-refractivity contribution < 1.29 is 23.5 Å². The molecule has 6 heteroatoms. The van der Waals surface area contributed by atoms with Gasteiger partial charge in [0.1, 0.15) is 5.82 Å². The summed E-state index contributed by atoms with van der Waals surface area (Å²) in [6.45, 7) is 1.28. The second-order valence-corrected chi connectivity index (χ2v) is 3.19. The number of methoxy groups -OCH3 is 2. The van der Waals surface area contributed by atoms with Gasteiger partial charge in [-0.3, -0.25) is 9.59 Å². The van der Waals surface area contributed by atoms with Gasteiger partial charge in [0, 0.05) is 13.0 Å². The lowest BCUT2D eigenvalue weighted by Crippen LogP contribution is -2.09. The zero-order chi connectivity index (χ0) is 13.0. The quantitative estimate of drug-likeness (QED) is 0.813. The van der Waals surface area contributed by atoms with E-state index in [2.05, 4.69) is 5.32 Å². The van der Waals surface area contributed by atoms with Crippen LogP contribution in [0.5, 0.6) is 11.5 Å². The van der Waals surface area contributed by atoms with E-state index >= 15 is 0 Å². The van der Waals surface area contributed by atoms with Crippen molar-refractivity contribution in [1.82, 2.24) is 0 Å². The lowest BCUT2D eigenvalue weighted by Gasteiger charge is -2.15. The van der Waals surface area contributed by atoms with E-state index in [1.165, 1.54) is 21.1 Å². The number of carbonyl (C=O) groups is 2. The number of hydrogen-bond acceptors (Lipinski definition) is 4. The Morgan fingerprint density at radius 3 is 2.35 bits per heavy atom. The van der Waals surface area contributed by atoms with Crippen molar-refractivity contribution in [2.24, 2.45) is 0 Å². The number of aldehydes is 1. The average molecular weight is 241 g/mol. The van der Waals surface area contributed by atoms with Gasteiger partial charge in [-0.05, 0) is 0 Å². The van der Waals surface area contributed by atoms with Gasteiger partial charge in [0.25, 0.3) is 0 Å². The number of nitrogens with one attached hydrogen (secondary N) is 1. The van der Waals surface area contributed by atoms with E-state index in [9.17, 15) is 14.0 Å². The third-order valence-corrected chi connectivity index (χ3v) is 2.06. The van der Waals surface area contributed by atoms with E-state index in [1.54, 1.807) is 0 Å². The molecule has 0 spiro atoms. The van der Waals surface area contributed by atoms with Crippen molar-refractivity contribution >= 4 is 17.9 Å². The fraction of sp³-hybridized carbons (Fsp3) is 0.273. The first-order valence-corrected chi connectivity index (χ1v) is 4.72. The van der Waals surface area contributed by atoms with Crippen LogP contribution in [0.4, 0.5) is 10.1 Å². The predicted octanol–water partition coefficient (Wildman–Crippen LogP) is 1.61. The molecular formula is C11H12FNO4. The van der Waals surface area contributed by atoms with Crippen molar-refractivity contribution in [3.63, 3.8) is 0 Å². The molecule has 0 bridgehead atoms. The first-order chi connectivity index (χ1) is 8.04. The zero-order valence-electron chi connectivity index (χ0n) is 9.67. The van der Waals surface area contributed by atoms with E-state index in [4.69, 9.17) is 9.47 Å². The number of carbonyl (C=O) groups excluding carboxylic acids is 2. The van der Waals surface area contributed by atoms with Crippen LogP contribution in [0.2, 0.25) is 0 Å². The molecule has 0 fully saturated rings.